The Balaban J connectivity index is 2.13. The van der Waals surface area contributed by atoms with Crippen LogP contribution in [0.1, 0.15) is 5.56 Å². The first kappa shape index (κ1) is 8.44. The van der Waals surface area contributed by atoms with E-state index in [4.69, 9.17) is 17.5 Å². The molecule has 1 unspecified atom stereocenters. The summed E-state index contributed by atoms with van der Waals surface area (Å²) in [6, 6.07) is 5.44. The van der Waals surface area contributed by atoms with E-state index in [1.54, 1.807) is 12.1 Å². The Bertz CT molecular complexity index is 310. The van der Waals surface area contributed by atoms with Crippen LogP contribution in [0.15, 0.2) is 18.2 Å². The maximum Gasteiger partial charge on any atom is 0.374 e. The summed E-state index contributed by atoms with van der Waals surface area (Å²) < 4.78 is 15.0. The van der Waals surface area contributed by atoms with Crippen molar-refractivity contribution >= 4 is 8.05 Å². The Kier molecular flexibility index (Phi) is 2.14. The Morgan fingerprint density at radius 2 is 2.31 bits per heavy atom. The van der Waals surface area contributed by atoms with E-state index in [9.17, 15) is 0 Å². The van der Waals surface area contributed by atoms with Gasteiger partial charge in [0.2, 0.25) is 6.29 Å². The Hall–Kier alpha value is -1.16. The molecule has 1 aliphatic heterocycles. The van der Waals surface area contributed by atoms with Crippen molar-refractivity contribution in [3.8, 4) is 11.5 Å². The minimum Gasteiger partial charge on any atom is -0.568 e. The van der Waals surface area contributed by atoms with E-state index in [1.807, 2.05) is 13.0 Å². The van der Waals surface area contributed by atoms with Gasteiger partial charge in [0.05, 0.1) is 0 Å². The number of rotatable bonds is 3. The molecule has 0 aliphatic carbocycles. The van der Waals surface area contributed by atoms with E-state index in [2.05, 4.69) is 4.65 Å². The monoisotopic (exact) mass is 176 g/mol. The topological polar surface area (TPSA) is 31.0 Å². The van der Waals surface area contributed by atoms with Gasteiger partial charge in [-0.15, -0.1) is 0 Å². The van der Waals surface area contributed by atoms with Crippen LogP contribution in [0.2, 0.25) is 0 Å². The largest absolute Gasteiger partial charge is 0.568 e. The lowest BCUT2D eigenvalue weighted by atomic mass is 10.2. The van der Waals surface area contributed by atoms with Crippen LogP contribution in [0.5, 0.6) is 11.5 Å². The third-order valence-electron chi connectivity index (χ3n) is 1.84. The van der Waals surface area contributed by atoms with Crippen molar-refractivity contribution in [3.63, 3.8) is 0 Å². The van der Waals surface area contributed by atoms with Gasteiger partial charge in [0, 0.05) is 0 Å². The van der Waals surface area contributed by atoms with Crippen LogP contribution in [-0.4, -0.2) is 20.9 Å². The van der Waals surface area contributed by atoms with E-state index >= 15 is 0 Å². The molecule has 0 aromatic heterocycles. The summed E-state index contributed by atoms with van der Waals surface area (Å²) in [5.74, 6) is 1.44. The summed E-state index contributed by atoms with van der Waals surface area (Å²) in [6.45, 7) is 2.58. The highest BCUT2D eigenvalue weighted by molar-refractivity contribution is 6.00. The molecular formula is C9H9BO3. The summed E-state index contributed by atoms with van der Waals surface area (Å²) in [5.41, 5.74) is 0.945. The highest BCUT2D eigenvalue weighted by Crippen LogP contribution is 2.25. The van der Waals surface area contributed by atoms with Gasteiger partial charge in [-0.05, 0) is 30.7 Å². The van der Waals surface area contributed by atoms with E-state index in [0.29, 0.717) is 12.4 Å². The lowest BCUT2D eigenvalue weighted by Crippen LogP contribution is -1.98. The molecular weight excluding hydrogens is 167 g/mol. The molecule has 0 spiro atoms. The van der Waals surface area contributed by atoms with Crippen molar-refractivity contribution in [2.45, 2.75) is 13.2 Å². The van der Waals surface area contributed by atoms with Crippen LogP contribution in [0, 0.1) is 6.92 Å². The zero-order chi connectivity index (χ0) is 9.26. The van der Waals surface area contributed by atoms with Gasteiger partial charge in [0.1, 0.15) is 18.1 Å². The summed E-state index contributed by atoms with van der Waals surface area (Å²) in [6.07, 6.45) is -0.0657. The first-order chi connectivity index (χ1) is 6.29. The minimum atomic E-state index is -0.0657. The number of benzene rings is 1. The molecule has 1 aliphatic rings. The molecule has 1 saturated heterocycles. The second kappa shape index (κ2) is 3.30. The zero-order valence-corrected chi connectivity index (χ0v) is 7.32. The number of aryl methyl sites for hydroxylation is 1. The maximum absolute atomic E-state index is 5.39. The van der Waals surface area contributed by atoms with E-state index in [0.717, 1.165) is 11.3 Å². The van der Waals surface area contributed by atoms with Gasteiger partial charge >= 0.3 is 8.05 Å². The highest BCUT2D eigenvalue weighted by Gasteiger charge is 2.24. The summed E-state index contributed by atoms with van der Waals surface area (Å²) in [4.78, 5) is 0. The predicted octanol–water partition coefficient (Wildman–Crippen LogP) is 1.19. The third-order valence-corrected chi connectivity index (χ3v) is 1.84. The van der Waals surface area contributed by atoms with Crippen molar-refractivity contribution in [3.05, 3.63) is 23.8 Å². The molecule has 0 N–H and O–H groups in total. The smallest absolute Gasteiger partial charge is 0.374 e. The molecule has 0 bridgehead atoms. The molecule has 1 aromatic rings. The van der Waals surface area contributed by atoms with Crippen molar-refractivity contribution in [1.29, 1.82) is 0 Å². The summed E-state index contributed by atoms with van der Waals surface area (Å²) in [5, 5.41) is 0. The number of ether oxygens (including phenoxy) is 2. The summed E-state index contributed by atoms with van der Waals surface area (Å²) in [7, 11) is 5.05. The first-order valence-corrected chi connectivity index (χ1v) is 4.05. The molecule has 2 rings (SSSR count). The lowest BCUT2D eigenvalue weighted by molar-refractivity contribution is 0.179. The predicted molar refractivity (Wildman–Crippen MR) is 47.9 cm³/mol. The van der Waals surface area contributed by atoms with Gasteiger partial charge in [0.15, 0.2) is 0 Å². The fourth-order valence-electron chi connectivity index (χ4n) is 1.09. The number of epoxide rings is 1. The van der Waals surface area contributed by atoms with Crippen molar-refractivity contribution in [1.82, 2.24) is 0 Å². The molecule has 2 radical (unpaired) electrons. The second-order valence-corrected chi connectivity index (χ2v) is 2.93. The van der Waals surface area contributed by atoms with Crippen molar-refractivity contribution < 1.29 is 14.1 Å². The van der Waals surface area contributed by atoms with Gasteiger partial charge in [-0.1, -0.05) is 0 Å². The van der Waals surface area contributed by atoms with E-state index in [-0.39, 0.29) is 6.29 Å². The van der Waals surface area contributed by atoms with E-state index in [1.165, 1.54) is 0 Å². The summed E-state index contributed by atoms with van der Waals surface area (Å²) >= 11 is 0. The zero-order valence-electron chi connectivity index (χ0n) is 7.32. The standard InChI is InChI=1S/C9H9BO3/c1-6-4-7(12-9-5-11-9)2-3-8(6)13-10/h2-4,9H,5H2,1H3. The van der Waals surface area contributed by atoms with Crippen LogP contribution >= 0.6 is 0 Å². The SMILES string of the molecule is [B]Oc1ccc(OC2CO2)cc1C. The van der Waals surface area contributed by atoms with Crippen molar-refractivity contribution in [2.24, 2.45) is 0 Å². The quantitative estimate of drug-likeness (QED) is 0.511. The van der Waals surface area contributed by atoms with Gasteiger partial charge < -0.3 is 14.1 Å². The van der Waals surface area contributed by atoms with Crippen LogP contribution in [0.25, 0.3) is 0 Å². The van der Waals surface area contributed by atoms with Gasteiger partial charge in [-0.3, -0.25) is 0 Å². The Morgan fingerprint density at radius 3 is 2.85 bits per heavy atom. The van der Waals surface area contributed by atoms with Gasteiger partial charge in [-0.25, -0.2) is 0 Å². The molecule has 0 saturated carbocycles. The Labute approximate surface area is 78.0 Å². The van der Waals surface area contributed by atoms with Crippen LogP contribution in [0.3, 0.4) is 0 Å². The third kappa shape index (κ3) is 1.95. The maximum atomic E-state index is 5.39. The first-order valence-electron chi connectivity index (χ1n) is 4.05. The average molecular weight is 176 g/mol. The molecule has 1 aromatic carbocycles. The molecule has 1 fully saturated rings. The van der Waals surface area contributed by atoms with Crippen LogP contribution in [-0.2, 0) is 4.74 Å². The number of hydrogen-bond donors (Lipinski definition) is 0. The van der Waals surface area contributed by atoms with Crippen LogP contribution < -0.4 is 9.39 Å². The molecule has 1 atom stereocenters. The van der Waals surface area contributed by atoms with Gasteiger partial charge in [-0.2, -0.15) is 0 Å². The minimum absolute atomic E-state index is 0.0657. The average Bonchev–Trinajstić information content (AvgIpc) is 2.89. The fraction of sp³-hybridized carbons (Fsp3) is 0.333. The lowest BCUT2D eigenvalue weighted by Gasteiger charge is -2.07. The second-order valence-electron chi connectivity index (χ2n) is 2.93. The fourth-order valence-corrected chi connectivity index (χ4v) is 1.09. The molecule has 66 valence electrons. The molecule has 4 heteroatoms. The van der Waals surface area contributed by atoms with E-state index < -0.39 is 0 Å². The molecule has 1 heterocycles. The highest BCUT2D eigenvalue weighted by atomic mass is 16.8. The number of hydrogen-bond acceptors (Lipinski definition) is 3. The van der Waals surface area contributed by atoms with Gasteiger partial charge in [0.25, 0.3) is 0 Å². The van der Waals surface area contributed by atoms with Crippen molar-refractivity contribution in [2.75, 3.05) is 6.61 Å². The molecule has 13 heavy (non-hydrogen) atoms. The molecule has 3 nitrogen and oxygen atoms in total. The van der Waals surface area contributed by atoms with Crippen LogP contribution in [0.4, 0.5) is 0 Å². The molecule has 0 amide bonds. The normalized spacial score (nSPS) is 19.6. The Morgan fingerprint density at radius 1 is 1.54 bits per heavy atom.